The molecule has 1 aromatic rings. The molecule has 1 atom stereocenters. The number of carbonyl (C=O) groups excluding carboxylic acids is 2. The third-order valence-corrected chi connectivity index (χ3v) is 3.48. The van der Waals surface area contributed by atoms with Crippen molar-refractivity contribution in [3.8, 4) is 0 Å². The van der Waals surface area contributed by atoms with E-state index in [9.17, 15) is 9.59 Å². The smallest absolute Gasteiger partial charge is 0.251 e. The van der Waals surface area contributed by atoms with Gasteiger partial charge in [0.2, 0.25) is 5.91 Å². The van der Waals surface area contributed by atoms with Gasteiger partial charge in [-0.15, -0.1) is 0 Å². The standard InChI is InChI=1S/C18H28N2O3/c1-5-23-11-7-10-19-18(22)16(13(2)3)20-17(21)15-9-6-8-14(4)12-15/h6,8-9,12-13,16H,5,7,10-11H2,1-4H3,(H,19,22)(H,20,21)/t16-/m1/s1. The lowest BCUT2D eigenvalue weighted by atomic mass is 10.0. The highest BCUT2D eigenvalue weighted by Gasteiger charge is 2.24. The van der Waals surface area contributed by atoms with E-state index in [2.05, 4.69) is 10.6 Å². The number of benzene rings is 1. The van der Waals surface area contributed by atoms with Gasteiger partial charge in [-0.2, -0.15) is 0 Å². The van der Waals surface area contributed by atoms with E-state index >= 15 is 0 Å². The molecule has 128 valence electrons. The van der Waals surface area contributed by atoms with Gasteiger partial charge in [0.25, 0.3) is 5.91 Å². The molecule has 1 aromatic carbocycles. The molecule has 0 aliphatic heterocycles. The van der Waals surface area contributed by atoms with Crippen LogP contribution in [0.25, 0.3) is 0 Å². The zero-order valence-electron chi connectivity index (χ0n) is 14.5. The van der Waals surface area contributed by atoms with Crippen LogP contribution < -0.4 is 10.6 Å². The quantitative estimate of drug-likeness (QED) is 0.686. The van der Waals surface area contributed by atoms with Crippen molar-refractivity contribution < 1.29 is 14.3 Å². The predicted octanol–water partition coefficient (Wildman–Crippen LogP) is 2.29. The monoisotopic (exact) mass is 320 g/mol. The fraction of sp³-hybridized carbons (Fsp3) is 0.556. The van der Waals surface area contributed by atoms with Crippen LogP contribution in [0, 0.1) is 12.8 Å². The molecule has 5 heteroatoms. The summed E-state index contributed by atoms with van der Waals surface area (Å²) in [6, 6.07) is 6.78. The van der Waals surface area contributed by atoms with Crippen LogP contribution in [-0.4, -0.2) is 37.6 Å². The lowest BCUT2D eigenvalue weighted by Crippen LogP contribution is -2.50. The average Bonchev–Trinajstić information content (AvgIpc) is 2.51. The number of hydrogen-bond donors (Lipinski definition) is 2. The topological polar surface area (TPSA) is 67.4 Å². The third kappa shape index (κ3) is 6.82. The number of nitrogens with one attached hydrogen (secondary N) is 2. The van der Waals surface area contributed by atoms with Gasteiger partial charge in [0, 0.05) is 25.3 Å². The van der Waals surface area contributed by atoms with Crippen molar-refractivity contribution in [2.75, 3.05) is 19.8 Å². The van der Waals surface area contributed by atoms with E-state index < -0.39 is 6.04 Å². The number of rotatable bonds is 9. The number of amides is 2. The van der Waals surface area contributed by atoms with Crippen LogP contribution >= 0.6 is 0 Å². The van der Waals surface area contributed by atoms with Gasteiger partial charge in [-0.25, -0.2) is 0 Å². The van der Waals surface area contributed by atoms with E-state index in [1.807, 2.05) is 45.9 Å². The fourth-order valence-electron chi connectivity index (χ4n) is 2.19. The summed E-state index contributed by atoms with van der Waals surface area (Å²) in [4.78, 5) is 24.6. The Hall–Kier alpha value is -1.88. The van der Waals surface area contributed by atoms with Crippen LogP contribution in [0.5, 0.6) is 0 Å². The molecular weight excluding hydrogens is 292 g/mol. The molecule has 23 heavy (non-hydrogen) atoms. The summed E-state index contributed by atoms with van der Waals surface area (Å²) in [7, 11) is 0. The Morgan fingerprint density at radius 3 is 2.61 bits per heavy atom. The van der Waals surface area contributed by atoms with Crippen LogP contribution in [0.4, 0.5) is 0 Å². The van der Waals surface area contributed by atoms with E-state index in [-0.39, 0.29) is 17.7 Å². The van der Waals surface area contributed by atoms with Gasteiger partial charge in [0.15, 0.2) is 0 Å². The molecule has 0 radical (unpaired) electrons. The second kappa shape index (κ2) is 10.0. The minimum atomic E-state index is -0.546. The molecule has 0 heterocycles. The van der Waals surface area contributed by atoms with E-state index in [1.165, 1.54) is 0 Å². The first kappa shape index (κ1) is 19.2. The first-order chi connectivity index (χ1) is 11.0. The maximum atomic E-state index is 12.3. The van der Waals surface area contributed by atoms with Crippen LogP contribution in [0.15, 0.2) is 24.3 Å². The highest BCUT2D eigenvalue weighted by atomic mass is 16.5. The molecule has 0 aliphatic rings. The van der Waals surface area contributed by atoms with Crippen molar-refractivity contribution >= 4 is 11.8 Å². The Balaban J connectivity index is 2.57. The molecule has 0 bridgehead atoms. The summed E-state index contributed by atoms with van der Waals surface area (Å²) in [5.41, 5.74) is 1.58. The van der Waals surface area contributed by atoms with E-state index in [1.54, 1.807) is 6.07 Å². The first-order valence-corrected chi connectivity index (χ1v) is 8.18. The zero-order valence-corrected chi connectivity index (χ0v) is 14.5. The first-order valence-electron chi connectivity index (χ1n) is 8.18. The molecule has 0 fully saturated rings. The molecule has 0 unspecified atom stereocenters. The van der Waals surface area contributed by atoms with Crippen LogP contribution in [0.1, 0.15) is 43.1 Å². The molecule has 1 rings (SSSR count). The van der Waals surface area contributed by atoms with Gasteiger partial charge in [0.1, 0.15) is 6.04 Å². The van der Waals surface area contributed by atoms with Gasteiger partial charge in [-0.3, -0.25) is 9.59 Å². The van der Waals surface area contributed by atoms with Gasteiger partial charge in [-0.05, 0) is 38.3 Å². The van der Waals surface area contributed by atoms with Gasteiger partial charge in [0.05, 0.1) is 0 Å². The SMILES string of the molecule is CCOCCCNC(=O)[C@H](NC(=O)c1cccc(C)c1)C(C)C. The lowest BCUT2D eigenvalue weighted by Gasteiger charge is -2.22. The van der Waals surface area contributed by atoms with Crippen molar-refractivity contribution in [3.63, 3.8) is 0 Å². The van der Waals surface area contributed by atoms with Gasteiger partial charge < -0.3 is 15.4 Å². The minimum Gasteiger partial charge on any atom is -0.382 e. The molecule has 0 saturated heterocycles. The Bertz CT molecular complexity index is 515. The number of ether oxygens (including phenoxy) is 1. The molecule has 5 nitrogen and oxygen atoms in total. The number of carbonyl (C=O) groups is 2. The molecule has 0 aliphatic carbocycles. The molecule has 2 amide bonds. The average molecular weight is 320 g/mol. The van der Waals surface area contributed by atoms with Gasteiger partial charge >= 0.3 is 0 Å². The van der Waals surface area contributed by atoms with E-state index in [0.717, 1.165) is 12.0 Å². The van der Waals surface area contributed by atoms with E-state index in [4.69, 9.17) is 4.74 Å². The normalized spacial score (nSPS) is 12.0. The Morgan fingerprint density at radius 1 is 1.26 bits per heavy atom. The summed E-state index contributed by atoms with van der Waals surface area (Å²) < 4.78 is 5.24. The second-order valence-electron chi connectivity index (χ2n) is 5.91. The highest BCUT2D eigenvalue weighted by molar-refractivity contribution is 5.97. The van der Waals surface area contributed by atoms with Crippen molar-refractivity contribution in [2.24, 2.45) is 5.92 Å². The number of aryl methyl sites for hydroxylation is 1. The third-order valence-electron chi connectivity index (χ3n) is 3.48. The van der Waals surface area contributed by atoms with Crippen molar-refractivity contribution in [3.05, 3.63) is 35.4 Å². The zero-order chi connectivity index (χ0) is 17.2. The van der Waals surface area contributed by atoms with Gasteiger partial charge in [-0.1, -0.05) is 31.5 Å². The summed E-state index contributed by atoms with van der Waals surface area (Å²) in [5, 5.41) is 5.69. The Morgan fingerprint density at radius 2 is 2.00 bits per heavy atom. The van der Waals surface area contributed by atoms with Crippen LogP contribution in [-0.2, 0) is 9.53 Å². The lowest BCUT2D eigenvalue weighted by molar-refractivity contribution is -0.123. The van der Waals surface area contributed by atoms with E-state index in [0.29, 0.717) is 25.3 Å². The predicted molar refractivity (Wildman–Crippen MR) is 91.4 cm³/mol. The molecular formula is C18H28N2O3. The summed E-state index contributed by atoms with van der Waals surface area (Å²) in [5.74, 6) is -0.370. The Labute approximate surface area is 138 Å². The van der Waals surface area contributed by atoms with Crippen LogP contribution in [0.2, 0.25) is 0 Å². The molecule has 0 saturated carbocycles. The Kier molecular flexibility index (Phi) is 8.33. The molecule has 0 aromatic heterocycles. The largest absolute Gasteiger partial charge is 0.382 e. The maximum Gasteiger partial charge on any atom is 0.251 e. The molecule has 2 N–H and O–H groups in total. The summed E-state index contributed by atoms with van der Waals surface area (Å²) in [6.45, 7) is 9.55. The van der Waals surface area contributed by atoms with Crippen molar-refractivity contribution in [2.45, 2.75) is 40.2 Å². The minimum absolute atomic E-state index is 0.00986. The van der Waals surface area contributed by atoms with Crippen LogP contribution in [0.3, 0.4) is 0 Å². The fourth-order valence-corrected chi connectivity index (χ4v) is 2.19. The maximum absolute atomic E-state index is 12.3. The highest BCUT2D eigenvalue weighted by Crippen LogP contribution is 2.07. The van der Waals surface area contributed by atoms with Crippen molar-refractivity contribution in [1.29, 1.82) is 0 Å². The van der Waals surface area contributed by atoms with Crippen molar-refractivity contribution in [1.82, 2.24) is 10.6 Å². The number of hydrogen-bond acceptors (Lipinski definition) is 3. The second-order valence-corrected chi connectivity index (χ2v) is 5.91. The summed E-state index contributed by atoms with van der Waals surface area (Å²) in [6.07, 6.45) is 0.760. The molecule has 0 spiro atoms. The summed E-state index contributed by atoms with van der Waals surface area (Å²) >= 11 is 0.